The fraction of sp³-hybridized carbons (Fsp3) is 0.348. The molecule has 2 aromatic rings. The molecule has 0 unspecified atom stereocenters. The zero-order valence-electron chi connectivity index (χ0n) is 18.2. The smallest absolute Gasteiger partial charge is 0.253 e. The van der Waals surface area contributed by atoms with Gasteiger partial charge in [-0.2, -0.15) is 8.61 Å². The summed E-state index contributed by atoms with van der Waals surface area (Å²) in [5.41, 5.74) is 1.08. The number of sulfonamides is 2. The van der Waals surface area contributed by atoms with Gasteiger partial charge in [0.1, 0.15) is 0 Å². The van der Waals surface area contributed by atoms with Gasteiger partial charge >= 0.3 is 0 Å². The summed E-state index contributed by atoms with van der Waals surface area (Å²) in [5, 5.41) is 1.19. The molecule has 0 bridgehead atoms. The van der Waals surface area contributed by atoms with Crippen LogP contribution < -0.4 is 0 Å². The molecule has 10 heteroatoms. The number of hydrogen-bond acceptors (Lipinski definition) is 5. The summed E-state index contributed by atoms with van der Waals surface area (Å²) in [5.74, 6) is -0.301. The van der Waals surface area contributed by atoms with Crippen LogP contribution in [0.1, 0.15) is 28.8 Å². The SMILES string of the molecule is O=C(c1cccc(S(=O)(=O)N2CCCC2)c1)N1CCN(S(=O)(=O)/C=C/c2ccccc2)CC1. The summed E-state index contributed by atoms with van der Waals surface area (Å²) < 4.78 is 53.7. The quantitative estimate of drug-likeness (QED) is 0.620. The summed E-state index contributed by atoms with van der Waals surface area (Å²) in [6.07, 6.45) is 3.23. The van der Waals surface area contributed by atoms with Crippen LogP contribution in [0.3, 0.4) is 0 Å². The summed E-state index contributed by atoms with van der Waals surface area (Å²) in [6, 6.07) is 15.3. The van der Waals surface area contributed by atoms with Crippen molar-refractivity contribution in [2.75, 3.05) is 39.3 Å². The molecule has 2 fully saturated rings. The Labute approximate surface area is 195 Å². The molecule has 33 heavy (non-hydrogen) atoms. The predicted octanol–water partition coefficient (Wildman–Crippen LogP) is 2.23. The van der Waals surface area contributed by atoms with E-state index in [0.29, 0.717) is 13.1 Å². The molecule has 0 N–H and O–H groups in total. The highest BCUT2D eigenvalue weighted by molar-refractivity contribution is 7.92. The molecule has 0 aromatic heterocycles. The molecule has 2 aliphatic heterocycles. The number of rotatable bonds is 6. The van der Waals surface area contributed by atoms with Crippen LogP contribution in [-0.4, -0.2) is 75.5 Å². The van der Waals surface area contributed by atoms with Gasteiger partial charge in [-0.3, -0.25) is 4.79 Å². The maximum absolute atomic E-state index is 13.0. The number of nitrogens with zero attached hydrogens (tertiary/aromatic N) is 3. The van der Waals surface area contributed by atoms with Gasteiger partial charge in [-0.15, -0.1) is 0 Å². The summed E-state index contributed by atoms with van der Waals surface area (Å²) >= 11 is 0. The Kier molecular flexibility index (Phi) is 6.99. The third-order valence-electron chi connectivity index (χ3n) is 5.90. The Bertz CT molecular complexity index is 1230. The molecule has 0 aliphatic carbocycles. The van der Waals surface area contributed by atoms with Crippen LogP contribution in [0.2, 0.25) is 0 Å². The molecule has 176 valence electrons. The van der Waals surface area contributed by atoms with E-state index in [9.17, 15) is 21.6 Å². The van der Waals surface area contributed by atoms with Crippen molar-refractivity contribution in [1.82, 2.24) is 13.5 Å². The molecule has 0 atom stereocenters. The second-order valence-corrected chi connectivity index (χ2v) is 11.8. The van der Waals surface area contributed by atoms with Crippen molar-refractivity contribution in [1.29, 1.82) is 0 Å². The van der Waals surface area contributed by atoms with E-state index in [1.807, 2.05) is 30.3 Å². The first-order valence-electron chi connectivity index (χ1n) is 10.9. The first-order valence-corrected chi connectivity index (χ1v) is 13.8. The molecule has 0 spiro atoms. The van der Waals surface area contributed by atoms with Gasteiger partial charge in [-0.05, 0) is 42.7 Å². The first kappa shape index (κ1) is 23.6. The molecular weight excluding hydrogens is 462 g/mol. The van der Waals surface area contributed by atoms with E-state index >= 15 is 0 Å². The van der Waals surface area contributed by atoms with Crippen molar-refractivity contribution < 1.29 is 21.6 Å². The first-order chi connectivity index (χ1) is 15.8. The second kappa shape index (κ2) is 9.76. The number of hydrogen-bond donors (Lipinski definition) is 0. The Hall–Kier alpha value is -2.53. The van der Waals surface area contributed by atoms with Crippen LogP contribution in [0.4, 0.5) is 0 Å². The van der Waals surface area contributed by atoms with E-state index in [0.717, 1.165) is 18.4 Å². The fourth-order valence-corrected chi connectivity index (χ4v) is 6.75. The molecule has 1 amide bonds. The van der Waals surface area contributed by atoms with E-state index < -0.39 is 20.0 Å². The lowest BCUT2D eigenvalue weighted by Gasteiger charge is -2.33. The second-order valence-electron chi connectivity index (χ2n) is 8.09. The summed E-state index contributed by atoms with van der Waals surface area (Å²) in [4.78, 5) is 14.7. The third-order valence-corrected chi connectivity index (χ3v) is 9.36. The summed E-state index contributed by atoms with van der Waals surface area (Å²) in [7, 11) is -7.22. The zero-order valence-corrected chi connectivity index (χ0v) is 19.8. The normalized spacial score (nSPS) is 18.7. The lowest BCUT2D eigenvalue weighted by molar-refractivity contribution is 0.0698. The van der Waals surface area contributed by atoms with Crippen LogP contribution in [0.15, 0.2) is 64.9 Å². The molecule has 0 radical (unpaired) electrons. The maximum atomic E-state index is 13.0. The van der Waals surface area contributed by atoms with Gasteiger partial charge in [-0.25, -0.2) is 16.8 Å². The standard InChI is InChI=1S/C23H27N3O5S2/c27-23(21-9-6-10-22(19-21)33(30,31)26-12-4-5-13-26)24-14-16-25(17-15-24)32(28,29)18-11-20-7-2-1-3-8-20/h1-3,6-11,18-19H,4-5,12-17H2/b18-11+. The van der Waals surface area contributed by atoms with Gasteiger partial charge in [0.25, 0.3) is 5.91 Å². The lowest BCUT2D eigenvalue weighted by atomic mass is 10.2. The van der Waals surface area contributed by atoms with Gasteiger partial charge in [-0.1, -0.05) is 36.4 Å². The largest absolute Gasteiger partial charge is 0.336 e. The Balaban J connectivity index is 1.41. The van der Waals surface area contributed by atoms with E-state index in [1.165, 1.54) is 26.2 Å². The molecule has 2 aromatic carbocycles. The molecule has 2 saturated heterocycles. The van der Waals surface area contributed by atoms with Crippen LogP contribution in [0.5, 0.6) is 0 Å². The Morgan fingerprint density at radius 1 is 0.758 bits per heavy atom. The minimum atomic E-state index is -3.62. The van der Waals surface area contributed by atoms with Crippen molar-refractivity contribution in [3.63, 3.8) is 0 Å². The number of carbonyl (C=O) groups excluding carboxylic acids is 1. The minimum Gasteiger partial charge on any atom is -0.336 e. The van der Waals surface area contributed by atoms with Gasteiger partial charge in [0, 0.05) is 50.2 Å². The highest BCUT2D eigenvalue weighted by Crippen LogP contribution is 2.22. The van der Waals surface area contributed by atoms with Crippen molar-refractivity contribution in [2.45, 2.75) is 17.7 Å². The molecule has 4 rings (SSSR count). The molecule has 2 aliphatic rings. The highest BCUT2D eigenvalue weighted by Gasteiger charge is 2.30. The Morgan fingerprint density at radius 2 is 1.42 bits per heavy atom. The van der Waals surface area contributed by atoms with E-state index in [4.69, 9.17) is 0 Å². The fourth-order valence-electron chi connectivity index (χ4n) is 4.01. The number of amides is 1. The van der Waals surface area contributed by atoms with E-state index in [2.05, 4.69) is 0 Å². The molecule has 2 heterocycles. The summed E-state index contributed by atoms with van der Waals surface area (Å²) in [6.45, 7) is 1.82. The van der Waals surface area contributed by atoms with Crippen molar-refractivity contribution in [3.05, 3.63) is 71.1 Å². The highest BCUT2D eigenvalue weighted by atomic mass is 32.2. The number of benzene rings is 2. The van der Waals surface area contributed by atoms with Gasteiger partial charge in [0.2, 0.25) is 20.0 Å². The topological polar surface area (TPSA) is 95.1 Å². The number of carbonyl (C=O) groups is 1. The monoisotopic (exact) mass is 489 g/mol. The average Bonchev–Trinajstić information content (AvgIpc) is 3.39. The average molecular weight is 490 g/mol. The van der Waals surface area contributed by atoms with Crippen LogP contribution in [0.25, 0.3) is 6.08 Å². The zero-order chi connectivity index (χ0) is 23.5. The maximum Gasteiger partial charge on any atom is 0.253 e. The minimum absolute atomic E-state index is 0.113. The molecule has 0 saturated carbocycles. The van der Waals surface area contributed by atoms with Crippen molar-refractivity contribution in [3.8, 4) is 0 Å². The van der Waals surface area contributed by atoms with E-state index in [-0.39, 0.29) is 42.5 Å². The molecule has 8 nitrogen and oxygen atoms in total. The van der Waals surface area contributed by atoms with Gasteiger partial charge < -0.3 is 4.90 Å². The van der Waals surface area contributed by atoms with Crippen LogP contribution in [-0.2, 0) is 20.0 Å². The van der Waals surface area contributed by atoms with Crippen LogP contribution in [0, 0.1) is 0 Å². The van der Waals surface area contributed by atoms with Gasteiger partial charge in [0.15, 0.2) is 0 Å². The number of piperazine rings is 1. The third kappa shape index (κ3) is 5.35. The van der Waals surface area contributed by atoms with Gasteiger partial charge in [0.05, 0.1) is 4.90 Å². The molecular formula is C23H27N3O5S2. The Morgan fingerprint density at radius 3 is 2.09 bits per heavy atom. The van der Waals surface area contributed by atoms with Crippen molar-refractivity contribution in [2.24, 2.45) is 0 Å². The van der Waals surface area contributed by atoms with E-state index in [1.54, 1.807) is 23.1 Å². The predicted molar refractivity (Wildman–Crippen MR) is 126 cm³/mol. The lowest BCUT2D eigenvalue weighted by Crippen LogP contribution is -2.50. The van der Waals surface area contributed by atoms with Crippen molar-refractivity contribution >= 4 is 32.0 Å². The van der Waals surface area contributed by atoms with Crippen LogP contribution >= 0.6 is 0 Å².